The zero-order valence-electron chi connectivity index (χ0n) is 10.9. The van der Waals surface area contributed by atoms with Gasteiger partial charge in [-0.05, 0) is 54.9 Å². The molecule has 100 valence electrons. The summed E-state index contributed by atoms with van der Waals surface area (Å²) < 4.78 is 14.3. The molecule has 1 atom stereocenters. The van der Waals surface area contributed by atoms with Crippen LogP contribution in [-0.4, -0.2) is 6.04 Å². The highest BCUT2D eigenvalue weighted by Gasteiger charge is 2.37. The van der Waals surface area contributed by atoms with E-state index in [-0.39, 0.29) is 17.3 Å². The third-order valence-corrected chi connectivity index (χ3v) is 5.31. The molecule has 0 bridgehead atoms. The minimum absolute atomic E-state index is 0.128. The average Bonchev–Trinajstić information content (AvgIpc) is 2.84. The minimum atomic E-state index is -0.183. The fourth-order valence-electron chi connectivity index (χ4n) is 3.22. The summed E-state index contributed by atoms with van der Waals surface area (Å²) in [6, 6.07) is 4.97. The van der Waals surface area contributed by atoms with E-state index in [1.54, 1.807) is 12.1 Å². The van der Waals surface area contributed by atoms with E-state index in [0.717, 1.165) is 22.9 Å². The van der Waals surface area contributed by atoms with Crippen molar-refractivity contribution < 1.29 is 4.39 Å². The first-order valence-corrected chi connectivity index (χ1v) is 7.56. The highest BCUT2D eigenvalue weighted by atomic mass is 79.9. The molecule has 18 heavy (non-hydrogen) atoms. The third kappa shape index (κ3) is 2.77. The Labute approximate surface area is 117 Å². The monoisotopic (exact) mass is 313 g/mol. The second-order valence-electron chi connectivity index (χ2n) is 5.47. The van der Waals surface area contributed by atoms with Crippen LogP contribution in [0.2, 0.25) is 0 Å². The normalized spacial score (nSPS) is 20.0. The molecule has 0 radical (unpaired) electrons. The Bertz CT molecular complexity index is 413. The Morgan fingerprint density at radius 1 is 1.39 bits per heavy atom. The van der Waals surface area contributed by atoms with Crippen LogP contribution < -0.4 is 5.73 Å². The maximum atomic E-state index is 13.3. The fraction of sp³-hybridized carbons (Fsp3) is 0.600. The summed E-state index contributed by atoms with van der Waals surface area (Å²) in [5.41, 5.74) is 7.69. The highest BCUT2D eigenvalue weighted by molar-refractivity contribution is 9.10. The van der Waals surface area contributed by atoms with Gasteiger partial charge in [-0.15, -0.1) is 0 Å². The summed E-state index contributed by atoms with van der Waals surface area (Å²) >= 11 is 3.48. The Kier molecular flexibility index (Phi) is 4.44. The van der Waals surface area contributed by atoms with Crippen LogP contribution in [-0.2, 0) is 6.42 Å². The van der Waals surface area contributed by atoms with Gasteiger partial charge in [0.1, 0.15) is 5.82 Å². The van der Waals surface area contributed by atoms with E-state index < -0.39 is 0 Å². The Hall–Kier alpha value is -0.410. The van der Waals surface area contributed by atoms with Gasteiger partial charge < -0.3 is 5.73 Å². The topological polar surface area (TPSA) is 26.0 Å². The molecule has 1 unspecified atom stereocenters. The quantitative estimate of drug-likeness (QED) is 0.874. The lowest BCUT2D eigenvalue weighted by Crippen LogP contribution is -2.41. The molecule has 0 heterocycles. The van der Waals surface area contributed by atoms with E-state index in [1.165, 1.54) is 31.7 Å². The molecule has 1 nitrogen and oxygen atoms in total. The molecule has 1 aromatic carbocycles. The Morgan fingerprint density at radius 3 is 2.67 bits per heavy atom. The molecule has 0 aromatic heterocycles. The lowest BCUT2D eigenvalue weighted by atomic mass is 9.74. The number of nitrogens with two attached hydrogens (primary N) is 1. The van der Waals surface area contributed by atoms with Gasteiger partial charge in [-0.1, -0.05) is 35.7 Å². The van der Waals surface area contributed by atoms with Crippen molar-refractivity contribution in [3.05, 3.63) is 34.1 Å². The SMILES string of the molecule is CCC1(C(N)Cc2cc(F)ccc2Br)CCCC1. The van der Waals surface area contributed by atoms with Crippen LogP contribution in [0.1, 0.15) is 44.6 Å². The standard InChI is InChI=1S/C15H21BrFN/c1-2-15(7-3-4-8-15)14(18)10-11-9-12(17)5-6-13(11)16/h5-6,9,14H,2-4,7-8,10,18H2,1H3. The lowest BCUT2D eigenvalue weighted by Gasteiger charge is -2.34. The molecule has 0 aliphatic heterocycles. The van der Waals surface area contributed by atoms with Crippen molar-refractivity contribution in [3.63, 3.8) is 0 Å². The smallest absolute Gasteiger partial charge is 0.123 e. The Morgan fingerprint density at radius 2 is 2.06 bits per heavy atom. The number of rotatable bonds is 4. The summed E-state index contributed by atoms with van der Waals surface area (Å²) in [6.07, 6.45) is 6.89. The fourth-order valence-corrected chi connectivity index (χ4v) is 3.63. The van der Waals surface area contributed by atoms with Crippen LogP contribution in [0.3, 0.4) is 0 Å². The maximum absolute atomic E-state index is 13.3. The summed E-state index contributed by atoms with van der Waals surface area (Å²) in [4.78, 5) is 0. The first kappa shape index (κ1) is 14.0. The van der Waals surface area contributed by atoms with Crippen molar-refractivity contribution in [2.24, 2.45) is 11.1 Å². The van der Waals surface area contributed by atoms with Crippen molar-refractivity contribution >= 4 is 15.9 Å². The van der Waals surface area contributed by atoms with Crippen molar-refractivity contribution in [3.8, 4) is 0 Å². The molecule has 1 aromatic rings. The first-order valence-electron chi connectivity index (χ1n) is 6.77. The van der Waals surface area contributed by atoms with Crippen LogP contribution in [0.4, 0.5) is 4.39 Å². The summed E-state index contributed by atoms with van der Waals surface area (Å²) in [6.45, 7) is 2.23. The van der Waals surface area contributed by atoms with E-state index in [4.69, 9.17) is 5.73 Å². The molecule has 0 saturated heterocycles. The lowest BCUT2D eigenvalue weighted by molar-refractivity contribution is 0.218. The largest absolute Gasteiger partial charge is 0.327 e. The van der Waals surface area contributed by atoms with Crippen molar-refractivity contribution in [1.29, 1.82) is 0 Å². The van der Waals surface area contributed by atoms with Gasteiger partial charge in [0.25, 0.3) is 0 Å². The molecular formula is C15H21BrFN. The van der Waals surface area contributed by atoms with E-state index >= 15 is 0 Å². The maximum Gasteiger partial charge on any atom is 0.123 e. The molecule has 0 spiro atoms. The van der Waals surface area contributed by atoms with E-state index in [2.05, 4.69) is 22.9 Å². The summed E-state index contributed by atoms with van der Waals surface area (Å²) in [5.74, 6) is -0.183. The number of benzene rings is 1. The van der Waals surface area contributed by atoms with Crippen LogP contribution in [0, 0.1) is 11.2 Å². The molecular weight excluding hydrogens is 293 g/mol. The predicted octanol–water partition coefficient (Wildman–Crippen LogP) is 4.43. The average molecular weight is 314 g/mol. The second-order valence-corrected chi connectivity index (χ2v) is 6.32. The van der Waals surface area contributed by atoms with Crippen LogP contribution in [0.5, 0.6) is 0 Å². The molecule has 3 heteroatoms. The number of halogens is 2. The van der Waals surface area contributed by atoms with Crippen molar-refractivity contribution in [2.75, 3.05) is 0 Å². The van der Waals surface area contributed by atoms with Crippen LogP contribution >= 0.6 is 15.9 Å². The van der Waals surface area contributed by atoms with Crippen LogP contribution in [0.15, 0.2) is 22.7 Å². The molecule has 2 N–H and O–H groups in total. The predicted molar refractivity (Wildman–Crippen MR) is 77.0 cm³/mol. The molecule has 2 rings (SSSR count). The number of hydrogen-bond acceptors (Lipinski definition) is 1. The molecule has 1 fully saturated rings. The van der Waals surface area contributed by atoms with E-state index in [9.17, 15) is 4.39 Å². The second kappa shape index (κ2) is 5.70. The van der Waals surface area contributed by atoms with Gasteiger partial charge in [0.2, 0.25) is 0 Å². The zero-order valence-corrected chi connectivity index (χ0v) is 12.5. The van der Waals surface area contributed by atoms with E-state index in [0.29, 0.717) is 0 Å². The van der Waals surface area contributed by atoms with E-state index in [1.807, 2.05) is 0 Å². The van der Waals surface area contributed by atoms with Gasteiger partial charge in [0.05, 0.1) is 0 Å². The molecule has 1 saturated carbocycles. The first-order chi connectivity index (χ1) is 8.57. The van der Waals surface area contributed by atoms with Crippen molar-refractivity contribution in [2.45, 2.75) is 51.5 Å². The van der Waals surface area contributed by atoms with Gasteiger partial charge >= 0.3 is 0 Å². The van der Waals surface area contributed by atoms with Crippen molar-refractivity contribution in [1.82, 2.24) is 0 Å². The molecule has 1 aliphatic carbocycles. The van der Waals surface area contributed by atoms with Gasteiger partial charge in [0.15, 0.2) is 0 Å². The summed E-state index contributed by atoms with van der Waals surface area (Å²) in [5, 5.41) is 0. The zero-order chi connectivity index (χ0) is 13.2. The van der Waals surface area contributed by atoms with Gasteiger partial charge in [-0.2, -0.15) is 0 Å². The molecule has 1 aliphatic rings. The van der Waals surface area contributed by atoms with Gasteiger partial charge in [-0.25, -0.2) is 4.39 Å². The third-order valence-electron chi connectivity index (χ3n) is 4.54. The van der Waals surface area contributed by atoms with Gasteiger partial charge in [0, 0.05) is 10.5 Å². The summed E-state index contributed by atoms with van der Waals surface area (Å²) in [7, 11) is 0. The number of hydrogen-bond donors (Lipinski definition) is 1. The van der Waals surface area contributed by atoms with Crippen LogP contribution in [0.25, 0.3) is 0 Å². The molecule has 0 amide bonds. The van der Waals surface area contributed by atoms with Gasteiger partial charge in [-0.3, -0.25) is 0 Å². The Balaban J connectivity index is 2.15. The highest BCUT2D eigenvalue weighted by Crippen LogP contribution is 2.44. The minimum Gasteiger partial charge on any atom is -0.327 e.